The Morgan fingerprint density at radius 1 is 1.25 bits per heavy atom. The van der Waals surface area contributed by atoms with Crippen molar-refractivity contribution in [3.05, 3.63) is 68.9 Å². The Hall–Kier alpha value is -2.11. The second-order valence-electron chi connectivity index (χ2n) is 4.41. The van der Waals surface area contributed by atoms with Gasteiger partial charge in [-0.3, -0.25) is 4.98 Å². The highest BCUT2D eigenvalue weighted by Crippen LogP contribution is 2.28. The van der Waals surface area contributed by atoms with Crippen LogP contribution in [-0.2, 0) is 0 Å². The van der Waals surface area contributed by atoms with Gasteiger partial charge in [0.1, 0.15) is 5.82 Å². The zero-order chi connectivity index (χ0) is 14.3. The molecule has 1 unspecified atom stereocenters. The lowest BCUT2D eigenvalue weighted by Crippen LogP contribution is -2.12. The van der Waals surface area contributed by atoms with Gasteiger partial charge >= 0.3 is 5.76 Å². The number of nitrogens with one attached hydrogen (secondary N) is 1. The van der Waals surface area contributed by atoms with Gasteiger partial charge < -0.3 is 10.2 Å². The summed E-state index contributed by atoms with van der Waals surface area (Å²) in [4.78, 5) is 13.7. The summed E-state index contributed by atoms with van der Waals surface area (Å²) in [6, 6.07) is 8.65. The van der Waals surface area contributed by atoms with E-state index in [4.69, 9.17) is 21.8 Å². The maximum absolute atomic E-state index is 13.0. The molecule has 0 aliphatic carbocycles. The van der Waals surface area contributed by atoms with Gasteiger partial charge in [0.25, 0.3) is 0 Å². The minimum absolute atomic E-state index is 0.258. The van der Waals surface area contributed by atoms with Crippen molar-refractivity contribution in [2.45, 2.75) is 6.04 Å². The molecule has 0 saturated heterocycles. The van der Waals surface area contributed by atoms with Crippen LogP contribution in [0.25, 0.3) is 11.1 Å². The van der Waals surface area contributed by atoms with Crippen LogP contribution in [0.15, 0.2) is 45.6 Å². The number of aromatic nitrogens is 1. The molecule has 1 heterocycles. The van der Waals surface area contributed by atoms with Gasteiger partial charge in [0.15, 0.2) is 5.58 Å². The average Bonchev–Trinajstić information content (AvgIpc) is 2.77. The maximum atomic E-state index is 13.0. The summed E-state index contributed by atoms with van der Waals surface area (Å²) >= 11 is 6.00. The molecule has 0 saturated carbocycles. The first-order valence-corrected chi connectivity index (χ1v) is 6.26. The van der Waals surface area contributed by atoms with Crippen LogP contribution in [0.4, 0.5) is 4.39 Å². The van der Waals surface area contributed by atoms with Gasteiger partial charge in [-0.2, -0.15) is 0 Å². The molecule has 0 radical (unpaired) electrons. The number of oxazole rings is 1. The van der Waals surface area contributed by atoms with Crippen LogP contribution < -0.4 is 11.5 Å². The lowest BCUT2D eigenvalue weighted by atomic mass is 9.99. The molecule has 102 valence electrons. The smallest absolute Gasteiger partial charge is 0.408 e. The molecule has 0 fully saturated rings. The third-order valence-electron chi connectivity index (χ3n) is 3.10. The molecule has 1 aromatic heterocycles. The molecule has 1 atom stereocenters. The Morgan fingerprint density at radius 3 is 2.80 bits per heavy atom. The Kier molecular flexibility index (Phi) is 3.08. The topological polar surface area (TPSA) is 72.0 Å². The van der Waals surface area contributed by atoms with Crippen molar-refractivity contribution < 1.29 is 8.81 Å². The van der Waals surface area contributed by atoms with Crippen LogP contribution in [-0.4, -0.2) is 4.98 Å². The van der Waals surface area contributed by atoms with E-state index in [9.17, 15) is 9.18 Å². The second kappa shape index (κ2) is 4.77. The summed E-state index contributed by atoms with van der Waals surface area (Å²) in [6.07, 6.45) is 0. The van der Waals surface area contributed by atoms with E-state index in [1.165, 1.54) is 12.1 Å². The van der Waals surface area contributed by atoms with Crippen molar-refractivity contribution in [3.8, 4) is 0 Å². The van der Waals surface area contributed by atoms with E-state index < -0.39 is 17.6 Å². The fraction of sp³-hybridized carbons (Fsp3) is 0.0714. The van der Waals surface area contributed by atoms with Gasteiger partial charge in [-0.1, -0.05) is 23.7 Å². The fourth-order valence-electron chi connectivity index (χ4n) is 2.09. The zero-order valence-corrected chi connectivity index (χ0v) is 10.9. The van der Waals surface area contributed by atoms with Gasteiger partial charge in [0.05, 0.1) is 11.6 Å². The molecule has 3 aromatic rings. The van der Waals surface area contributed by atoms with E-state index in [-0.39, 0.29) is 5.02 Å². The van der Waals surface area contributed by atoms with Gasteiger partial charge in [0.2, 0.25) is 0 Å². The first kappa shape index (κ1) is 12.9. The Balaban J connectivity index is 2.06. The first-order chi connectivity index (χ1) is 9.54. The van der Waals surface area contributed by atoms with Gasteiger partial charge in [-0.25, -0.2) is 9.18 Å². The quantitative estimate of drug-likeness (QED) is 0.763. The Morgan fingerprint density at radius 2 is 2.05 bits per heavy atom. The summed E-state index contributed by atoms with van der Waals surface area (Å²) < 4.78 is 18.0. The van der Waals surface area contributed by atoms with E-state index in [0.717, 1.165) is 0 Å². The maximum Gasteiger partial charge on any atom is 0.417 e. The SMILES string of the molecule is NC(c1ccc2[nH]c(=O)oc2c1)c1ccc(F)cc1Cl. The predicted molar refractivity (Wildman–Crippen MR) is 74.3 cm³/mol. The van der Waals surface area contributed by atoms with E-state index in [0.29, 0.717) is 22.2 Å². The average molecular weight is 293 g/mol. The number of hydrogen-bond acceptors (Lipinski definition) is 3. The number of rotatable bonds is 2. The van der Waals surface area contributed by atoms with Crippen LogP contribution in [0, 0.1) is 5.82 Å². The highest BCUT2D eigenvalue weighted by Gasteiger charge is 2.14. The lowest BCUT2D eigenvalue weighted by molar-refractivity contribution is 0.555. The monoisotopic (exact) mass is 292 g/mol. The number of benzene rings is 2. The van der Waals surface area contributed by atoms with Crippen LogP contribution in [0.5, 0.6) is 0 Å². The summed E-state index contributed by atoms with van der Waals surface area (Å²) in [7, 11) is 0. The molecule has 20 heavy (non-hydrogen) atoms. The van der Waals surface area contributed by atoms with Crippen LogP contribution in [0.2, 0.25) is 5.02 Å². The highest BCUT2D eigenvalue weighted by atomic mass is 35.5. The molecule has 3 N–H and O–H groups in total. The fourth-order valence-corrected chi connectivity index (χ4v) is 2.37. The van der Waals surface area contributed by atoms with Crippen LogP contribution in [0.1, 0.15) is 17.2 Å². The summed E-state index contributed by atoms with van der Waals surface area (Å²) in [5.41, 5.74) is 8.46. The van der Waals surface area contributed by atoms with Crippen molar-refractivity contribution in [2.75, 3.05) is 0 Å². The molecule has 3 rings (SSSR count). The molecule has 0 aliphatic heterocycles. The second-order valence-corrected chi connectivity index (χ2v) is 4.82. The predicted octanol–water partition coefficient (Wildman–Crippen LogP) is 2.96. The molecular weight excluding hydrogens is 283 g/mol. The number of aromatic amines is 1. The highest BCUT2D eigenvalue weighted by molar-refractivity contribution is 6.31. The van der Waals surface area contributed by atoms with E-state index in [1.54, 1.807) is 24.3 Å². The molecule has 4 nitrogen and oxygen atoms in total. The Labute approximate surface area is 118 Å². The van der Waals surface area contributed by atoms with Crippen molar-refractivity contribution in [2.24, 2.45) is 5.73 Å². The number of H-pyrrole nitrogens is 1. The van der Waals surface area contributed by atoms with E-state index in [2.05, 4.69) is 4.98 Å². The number of nitrogens with two attached hydrogens (primary N) is 1. The summed E-state index contributed by atoms with van der Waals surface area (Å²) in [6.45, 7) is 0. The van der Waals surface area contributed by atoms with Crippen molar-refractivity contribution >= 4 is 22.7 Å². The van der Waals surface area contributed by atoms with Crippen molar-refractivity contribution in [3.63, 3.8) is 0 Å². The Bertz CT molecular complexity index is 841. The molecular formula is C14H10ClFN2O2. The summed E-state index contributed by atoms with van der Waals surface area (Å²) in [5, 5.41) is 0.258. The van der Waals surface area contributed by atoms with Gasteiger partial charge in [-0.15, -0.1) is 0 Å². The molecule has 6 heteroatoms. The first-order valence-electron chi connectivity index (χ1n) is 5.88. The third kappa shape index (κ3) is 2.21. The minimum Gasteiger partial charge on any atom is -0.408 e. The van der Waals surface area contributed by atoms with Crippen molar-refractivity contribution in [1.29, 1.82) is 0 Å². The third-order valence-corrected chi connectivity index (χ3v) is 3.43. The van der Waals surface area contributed by atoms with E-state index in [1.807, 2.05) is 0 Å². The zero-order valence-electron chi connectivity index (χ0n) is 10.2. The lowest BCUT2D eigenvalue weighted by Gasteiger charge is -2.14. The normalized spacial score (nSPS) is 12.8. The molecule has 0 aliphatic rings. The van der Waals surface area contributed by atoms with Gasteiger partial charge in [0, 0.05) is 5.02 Å². The minimum atomic E-state index is -0.535. The molecule has 2 aromatic carbocycles. The summed E-state index contributed by atoms with van der Waals surface area (Å²) in [5.74, 6) is -0.941. The number of fused-ring (bicyclic) bond motifs is 1. The van der Waals surface area contributed by atoms with Crippen LogP contribution in [0.3, 0.4) is 0 Å². The standard InChI is InChI=1S/C14H10ClFN2O2/c15-10-6-8(16)2-3-9(10)13(17)7-1-4-11-12(5-7)20-14(19)18-11/h1-6,13H,17H2,(H,18,19). The molecule has 0 bridgehead atoms. The molecule has 0 amide bonds. The van der Waals surface area contributed by atoms with Gasteiger partial charge in [-0.05, 0) is 35.4 Å². The van der Waals surface area contributed by atoms with Crippen molar-refractivity contribution in [1.82, 2.24) is 4.98 Å². The number of hydrogen-bond donors (Lipinski definition) is 2. The number of halogens is 2. The largest absolute Gasteiger partial charge is 0.417 e. The molecule has 0 spiro atoms. The van der Waals surface area contributed by atoms with E-state index >= 15 is 0 Å². The van der Waals surface area contributed by atoms with Crippen LogP contribution >= 0.6 is 11.6 Å².